The summed E-state index contributed by atoms with van der Waals surface area (Å²) >= 11 is 0. The highest BCUT2D eigenvalue weighted by molar-refractivity contribution is 6.06. The van der Waals surface area contributed by atoms with Crippen LogP contribution in [-0.2, 0) is 6.42 Å². The third-order valence-corrected chi connectivity index (χ3v) is 6.96. The first kappa shape index (κ1) is 17.5. The van der Waals surface area contributed by atoms with Crippen molar-refractivity contribution in [3.05, 3.63) is 71.0 Å². The second kappa shape index (κ2) is 7.12. The Labute approximate surface area is 167 Å². The van der Waals surface area contributed by atoms with E-state index in [0.717, 1.165) is 37.1 Å². The van der Waals surface area contributed by atoms with Crippen LogP contribution < -0.4 is 5.73 Å². The maximum atomic E-state index is 9.39. The monoisotopic (exact) mass is 373 g/mol. The summed E-state index contributed by atoms with van der Waals surface area (Å²) in [6.45, 7) is 1.05. The van der Waals surface area contributed by atoms with Gasteiger partial charge in [-0.25, -0.2) is 0 Å². The van der Waals surface area contributed by atoms with E-state index in [0.29, 0.717) is 11.6 Å². The smallest absolute Gasteiger partial charge is 0.210 e. The Kier molecular flexibility index (Phi) is 4.46. The predicted octanol–water partition coefficient (Wildman–Crippen LogP) is 5.26. The molecule has 2 aliphatic heterocycles. The van der Waals surface area contributed by atoms with Crippen molar-refractivity contribution in [2.45, 2.75) is 50.9 Å². The molecule has 1 atom stereocenters. The topological polar surface area (TPSA) is 49.3 Å². The molecule has 3 N–H and O–H groups in total. The van der Waals surface area contributed by atoms with Crippen molar-refractivity contribution < 1.29 is 9.68 Å². The summed E-state index contributed by atoms with van der Waals surface area (Å²) in [4.78, 5) is 0. The molecular weight excluding hydrogens is 344 g/mol. The number of aliphatic hydroxyl groups excluding tert-OH is 1. The fourth-order valence-electron chi connectivity index (χ4n) is 5.65. The van der Waals surface area contributed by atoms with Gasteiger partial charge in [0.1, 0.15) is 12.8 Å². The van der Waals surface area contributed by atoms with Crippen molar-refractivity contribution in [3.63, 3.8) is 0 Å². The number of aryl methyl sites for hydroxylation is 1. The zero-order valence-electron chi connectivity index (χ0n) is 16.4. The molecule has 0 amide bonds. The van der Waals surface area contributed by atoms with Crippen molar-refractivity contribution in [1.82, 2.24) is 0 Å². The van der Waals surface area contributed by atoms with Crippen LogP contribution in [0.1, 0.15) is 66.7 Å². The van der Waals surface area contributed by atoms with Crippen LogP contribution in [0.4, 0.5) is 5.69 Å². The summed E-state index contributed by atoms with van der Waals surface area (Å²) in [5.74, 6) is 1.19. The Morgan fingerprint density at radius 2 is 1.86 bits per heavy atom. The van der Waals surface area contributed by atoms with Gasteiger partial charge in [-0.3, -0.25) is 0 Å². The zero-order valence-corrected chi connectivity index (χ0v) is 16.4. The molecule has 2 aromatic carbocycles. The van der Waals surface area contributed by atoms with Crippen LogP contribution in [0, 0.1) is 5.92 Å². The lowest BCUT2D eigenvalue weighted by molar-refractivity contribution is -0.437. The molecule has 2 aromatic rings. The van der Waals surface area contributed by atoms with E-state index in [1.807, 2.05) is 0 Å². The standard InChI is InChI=1S/C25H28N2O/c26-22(16-28)19-12-13-21-23(15-19)27-14-6-10-17-7-4-5-11-20(17)25(27)24(21)18-8-2-1-3-9-18/h4-5,7,11-13,15-16,18,24H,1-3,6,8-10,14,26H2/p+1/b22-16-. The van der Waals surface area contributed by atoms with Crippen LogP contribution in [0.5, 0.6) is 0 Å². The molecule has 3 aliphatic rings. The van der Waals surface area contributed by atoms with Crippen LogP contribution in [0.2, 0.25) is 0 Å². The summed E-state index contributed by atoms with van der Waals surface area (Å²) in [5.41, 5.74) is 14.6. The zero-order chi connectivity index (χ0) is 19.1. The fourth-order valence-corrected chi connectivity index (χ4v) is 5.65. The number of nitrogens with two attached hydrogens (primary N) is 1. The van der Waals surface area contributed by atoms with Gasteiger partial charge in [-0.2, -0.15) is 4.58 Å². The van der Waals surface area contributed by atoms with E-state index < -0.39 is 0 Å². The molecule has 0 spiro atoms. The first-order chi connectivity index (χ1) is 13.8. The minimum absolute atomic E-state index is 0.431. The highest BCUT2D eigenvalue weighted by Gasteiger charge is 2.45. The molecule has 1 saturated carbocycles. The van der Waals surface area contributed by atoms with Gasteiger partial charge in [-0.05, 0) is 36.8 Å². The number of hydrogen-bond acceptors (Lipinski definition) is 2. The van der Waals surface area contributed by atoms with Gasteiger partial charge in [0.2, 0.25) is 5.69 Å². The van der Waals surface area contributed by atoms with Crippen molar-refractivity contribution in [1.29, 1.82) is 0 Å². The van der Waals surface area contributed by atoms with E-state index in [1.165, 1.54) is 60.2 Å². The van der Waals surface area contributed by atoms with E-state index in [1.54, 1.807) is 0 Å². The first-order valence-electron chi connectivity index (χ1n) is 10.7. The Morgan fingerprint density at radius 3 is 2.68 bits per heavy atom. The lowest BCUT2D eigenvalue weighted by Gasteiger charge is -2.27. The molecule has 1 unspecified atom stereocenters. The van der Waals surface area contributed by atoms with E-state index in [-0.39, 0.29) is 0 Å². The normalized spacial score (nSPS) is 22.4. The fraction of sp³-hybridized carbons (Fsp3) is 0.400. The summed E-state index contributed by atoms with van der Waals surface area (Å²) in [6.07, 6.45) is 10.0. The molecular formula is C25H29N2O+. The first-order valence-corrected chi connectivity index (χ1v) is 10.7. The van der Waals surface area contributed by atoms with Crippen LogP contribution in [0.15, 0.2) is 48.7 Å². The predicted molar refractivity (Wildman–Crippen MR) is 114 cm³/mol. The van der Waals surface area contributed by atoms with Crippen LogP contribution in [-0.4, -0.2) is 21.9 Å². The van der Waals surface area contributed by atoms with Gasteiger partial charge in [0.05, 0.1) is 11.6 Å². The largest absolute Gasteiger partial charge is 0.513 e. The second-order valence-electron chi connectivity index (χ2n) is 8.53. The third kappa shape index (κ3) is 2.76. The number of fused-ring (bicyclic) bond motifs is 4. The quantitative estimate of drug-likeness (QED) is 0.557. The Morgan fingerprint density at radius 1 is 1.04 bits per heavy atom. The SMILES string of the molecule is N/C(=C\O)c1ccc2c(c1)[N+]1=C(c3ccccc3CCC1)C2C1CCCCC1. The van der Waals surface area contributed by atoms with Crippen molar-refractivity contribution >= 4 is 17.1 Å². The van der Waals surface area contributed by atoms with Crippen molar-refractivity contribution in [3.8, 4) is 0 Å². The summed E-state index contributed by atoms with van der Waals surface area (Å²) < 4.78 is 2.56. The molecule has 2 heterocycles. The van der Waals surface area contributed by atoms with Crippen LogP contribution >= 0.6 is 0 Å². The molecule has 5 rings (SSSR count). The summed E-state index contributed by atoms with van der Waals surface area (Å²) in [5, 5.41) is 9.39. The average Bonchev–Trinajstić information content (AvgIpc) is 2.95. The lowest BCUT2D eigenvalue weighted by Crippen LogP contribution is -2.25. The molecule has 144 valence electrons. The molecule has 28 heavy (non-hydrogen) atoms. The highest BCUT2D eigenvalue weighted by atomic mass is 16.2. The van der Waals surface area contributed by atoms with Gasteiger partial charge in [-0.1, -0.05) is 49.6 Å². The molecule has 3 nitrogen and oxygen atoms in total. The van der Waals surface area contributed by atoms with Gasteiger partial charge < -0.3 is 10.8 Å². The number of aliphatic hydroxyl groups is 1. The summed E-state index contributed by atoms with van der Waals surface area (Å²) in [7, 11) is 0. The van der Waals surface area contributed by atoms with E-state index in [9.17, 15) is 5.11 Å². The maximum Gasteiger partial charge on any atom is 0.210 e. The van der Waals surface area contributed by atoms with Crippen molar-refractivity contribution in [2.24, 2.45) is 11.7 Å². The Hall–Kier alpha value is -2.55. The minimum atomic E-state index is 0.431. The number of hydrogen-bond donors (Lipinski definition) is 2. The third-order valence-electron chi connectivity index (χ3n) is 6.96. The average molecular weight is 374 g/mol. The van der Waals surface area contributed by atoms with E-state index in [4.69, 9.17) is 5.73 Å². The molecule has 0 saturated heterocycles. The minimum Gasteiger partial charge on any atom is -0.513 e. The summed E-state index contributed by atoms with van der Waals surface area (Å²) in [6, 6.07) is 15.5. The van der Waals surface area contributed by atoms with Gasteiger partial charge in [0.25, 0.3) is 0 Å². The number of nitrogens with zero attached hydrogens (tertiary/aromatic N) is 1. The molecule has 0 radical (unpaired) electrons. The van der Waals surface area contributed by atoms with E-state index >= 15 is 0 Å². The molecule has 3 heteroatoms. The van der Waals surface area contributed by atoms with E-state index in [2.05, 4.69) is 47.0 Å². The van der Waals surface area contributed by atoms with Gasteiger partial charge >= 0.3 is 0 Å². The van der Waals surface area contributed by atoms with Gasteiger partial charge in [-0.15, -0.1) is 0 Å². The molecule has 1 aliphatic carbocycles. The number of benzene rings is 2. The van der Waals surface area contributed by atoms with Gasteiger partial charge in [0, 0.05) is 29.2 Å². The van der Waals surface area contributed by atoms with Crippen molar-refractivity contribution in [2.75, 3.05) is 6.54 Å². The molecule has 0 aromatic heterocycles. The Balaban J connectivity index is 1.72. The lowest BCUT2D eigenvalue weighted by atomic mass is 9.73. The Bertz CT molecular complexity index is 966. The molecule has 0 bridgehead atoms. The maximum absolute atomic E-state index is 9.39. The highest BCUT2D eigenvalue weighted by Crippen LogP contribution is 2.47. The van der Waals surface area contributed by atoms with Crippen LogP contribution in [0.25, 0.3) is 5.70 Å². The van der Waals surface area contributed by atoms with Gasteiger partial charge in [0.15, 0.2) is 5.71 Å². The second-order valence-corrected chi connectivity index (χ2v) is 8.53. The number of rotatable bonds is 2. The molecule has 1 fully saturated rings. The van der Waals surface area contributed by atoms with Crippen LogP contribution in [0.3, 0.4) is 0 Å².